The molecule has 0 saturated carbocycles. The van der Waals surface area contributed by atoms with Gasteiger partial charge in [0.15, 0.2) is 0 Å². The Morgan fingerprint density at radius 1 is 1.33 bits per heavy atom. The molecule has 0 amide bonds. The number of hydrogen-bond donors (Lipinski definition) is 1. The second kappa shape index (κ2) is 5.41. The first-order valence-electron chi connectivity index (χ1n) is 6.64. The number of rotatable bonds is 3. The molecule has 2 N–H and O–H groups in total. The average Bonchev–Trinajstić information content (AvgIpc) is 2.83. The number of hydrogen-bond acceptors (Lipinski definition) is 4. The SMILES string of the molecule is Cc1occc1CN(C)c1c(N)cnc2ccc(Br)cc12. The van der Waals surface area contributed by atoms with Crippen molar-refractivity contribution in [1.29, 1.82) is 0 Å². The van der Waals surface area contributed by atoms with Gasteiger partial charge in [0.2, 0.25) is 0 Å². The van der Waals surface area contributed by atoms with Gasteiger partial charge in [-0.3, -0.25) is 4.98 Å². The van der Waals surface area contributed by atoms with Gasteiger partial charge in [-0.25, -0.2) is 0 Å². The van der Waals surface area contributed by atoms with Crippen LogP contribution in [0.1, 0.15) is 11.3 Å². The molecule has 0 fully saturated rings. The first kappa shape index (κ1) is 13.9. The van der Waals surface area contributed by atoms with Crippen molar-refractivity contribution in [3.8, 4) is 0 Å². The number of fused-ring (bicyclic) bond motifs is 1. The van der Waals surface area contributed by atoms with Crippen LogP contribution in [0.2, 0.25) is 0 Å². The standard InChI is InChI=1S/C16H16BrN3O/c1-10-11(5-6-21-10)9-20(2)16-13-7-12(17)3-4-15(13)19-8-14(16)18/h3-8H,9,18H2,1-2H3. The lowest BCUT2D eigenvalue weighted by molar-refractivity contribution is 0.529. The van der Waals surface area contributed by atoms with Crippen LogP contribution < -0.4 is 10.6 Å². The van der Waals surface area contributed by atoms with Gasteiger partial charge >= 0.3 is 0 Å². The molecule has 3 aromatic rings. The van der Waals surface area contributed by atoms with Gasteiger partial charge in [0, 0.05) is 29.0 Å². The quantitative estimate of drug-likeness (QED) is 0.775. The molecule has 3 rings (SSSR count). The van der Waals surface area contributed by atoms with Crippen LogP contribution in [0, 0.1) is 6.92 Å². The molecule has 0 bridgehead atoms. The van der Waals surface area contributed by atoms with Crippen LogP contribution in [0.5, 0.6) is 0 Å². The molecule has 0 radical (unpaired) electrons. The number of halogens is 1. The maximum atomic E-state index is 6.16. The van der Waals surface area contributed by atoms with Gasteiger partial charge in [-0.05, 0) is 31.2 Å². The van der Waals surface area contributed by atoms with E-state index in [0.717, 1.165) is 38.9 Å². The maximum Gasteiger partial charge on any atom is 0.105 e. The van der Waals surface area contributed by atoms with Crippen molar-refractivity contribution >= 4 is 38.2 Å². The fourth-order valence-electron chi connectivity index (χ4n) is 2.50. The van der Waals surface area contributed by atoms with Gasteiger partial charge in [0.1, 0.15) is 5.76 Å². The second-order valence-electron chi connectivity index (χ2n) is 5.08. The molecule has 2 aromatic heterocycles. The lowest BCUT2D eigenvalue weighted by Gasteiger charge is -2.22. The highest BCUT2D eigenvalue weighted by Crippen LogP contribution is 2.33. The van der Waals surface area contributed by atoms with Crippen molar-refractivity contribution in [2.75, 3.05) is 17.7 Å². The highest BCUT2D eigenvalue weighted by atomic mass is 79.9. The number of furan rings is 1. The van der Waals surface area contributed by atoms with Gasteiger partial charge < -0.3 is 15.1 Å². The van der Waals surface area contributed by atoms with Crippen molar-refractivity contribution in [3.63, 3.8) is 0 Å². The first-order valence-corrected chi connectivity index (χ1v) is 7.43. The molecule has 0 aliphatic heterocycles. The van der Waals surface area contributed by atoms with Gasteiger partial charge in [-0.2, -0.15) is 0 Å². The zero-order valence-corrected chi connectivity index (χ0v) is 13.5. The number of benzene rings is 1. The topological polar surface area (TPSA) is 55.3 Å². The molecule has 0 spiro atoms. The Labute approximate surface area is 131 Å². The van der Waals surface area contributed by atoms with Crippen molar-refractivity contribution in [2.24, 2.45) is 0 Å². The van der Waals surface area contributed by atoms with Crippen LogP contribution in [0.15, 0.2) is 45.6 Å². The third-order valence-electron chi connectivity index (χ3n) is 3.59. The number of anilines is 2. The largest absolute Gasteiger partial charge is 0.469 e. The summed E-state index contributed by atoms with van der Waals surface area (Å²) in [4.78, 5) is 6.52. The van der Waals surface area contributed by atoms with Crippen LogP contribution in [0.3, 0.4) is 0 Å². The highest BCUT2D eigenvalue weighted by Gasteiger charge is 2.13. The van der Waals surface area contributed by atoms with Crippen LogP contribution in [0.25, 0.3) is 10.9 Å². The van der Waals surface area contributed by atoms with Crippen molar-refractivity contribution in [1.82, 2.24) is 4.98 Å². The molecule has 21 heavy (non-hydrogen) atoms. The Kier molecular flexibility index (Phi) is 3.59. The van der Waals surface area contributed by atoms with E-state index in [9.17, 15) is 0 Å². The Morgan fingerprint density at radius 2 is 2.14 bits per heavy atom. The van der Waals surface area contributed by atoms with E-state index >= 15 is 0 Å². The molecule has 108 valence electrons. The minimum absolute atomic E-state index is 0.671. The molecule has 0 saturated heterocycles. The minimum Gasteiger partial charge on any atom is -0.469 e. The Balaban J connectivity index is 2.08. The fraction of sp³-hybridized carbons (Fsp3) is 0.188. The number of pyridine rings is 1. The second-order valence-corrected chi connectivity index (χ2v) is 6.00. The third-order valence-corrected chi connectivity index (χ3v) is 4.08. The van der Waals surface area contributed by atoms with Gasteiger partial charge in [-0.1, -0.05) is 15.9 Å². The van der Waals surface area contributed by atoms with E-state index in [1.165, 1.54) is 0 Å². The highest BCUT2D eigenvalue weighted by molar-refractivity contribution is 9.10. The van der Waals surface area contributed by atoms with E-state index in [2.05, 4.69) is 25.8 Å². The van der Waals surface area contributed by atoms with E-state index < -0.39 is 0 Å². The Morgan fingerprint density at radius 3 is 2.86 bits per heavy atom. The van der Waals surface area contributed by atoms with E-state index in [1.54, 1.807) is 12.5 Å². The monoisotopic (exact) mass is 345 g/mol. The first-order chi connectivity index (χ1) is 10.1. The van der Waals surface area contributed by atoms with E-state index in [0.29, 0.717) is 5.69 Å². The van der Waals surface area contributed by atoms with Crippen LogP contribution in [-0.2, 0) is 6.54 Å². The molecule has 0 aliphatic rings. The van der Waals surface area contributed by atoms with Crippen LogP contribution >= 0.6 is 15.9 Å². The molecule has 0 atom stereocenters. The number of aryl methyl sites for hydroxylation is 1. The number of nitrogens with zero attached hydrogens (tertiary/aromatic N) is 2. The lowest BCUT2D eigenvalue weighted by Crippen LogP contribution is -2.18. The fourth-order valence-corrected chi connectivity index (χ4v) is 2.86. The van der Waals surface area contributed by atoms with E-state index in [-0.39, 0.29) is 0 Å². The number of aromatic nitrogens is 1. The number of nitrogens with two attached hydrogens (primary N) is 1. The molecule has 1 aromatic carbocycles. The predicted octanol–water partition coefficient (Wildman–Crippen LogP) is 4.12. The Hall–Kier alpha value is -2.01. The van der Waals surface area contributed by atoms with E-state index in [1.807, 2.05) is 38.2 Å². The molecule has 5 heteroatoms. The predicted molar refractivity (Wildman–Crippen MR) is 89.4 cm³/mol. The molecule has 0 unspecified atom stereocenters. The molecular weight excluding hydrogens is 330 g/mol. The molecule has 4 nitrogen and oxygen atoms in total. The van der Waals surface area contributed by atoms with Crippen molar-refractivity contribution in [3.05, 3.63) is 52.5 Å². The Bertz CT molecular complexity index is 792. The minimum atomic E-state index is 0.671. The summed E-state index contributed by atoms with van der Waals surface area (Å²) < 4.78 is 6.37. The summed E-state index contributed by atoms with van der Waals surface area (Å²) in [5, 5.41) is 1.04. The van der Waals surface area contributed by atoms with Crippen molar-refractivity contribution in [2.45, 2.75) is 13.5 Å². The number of nitrogen functional groups attached to an aromatic ring is 1. The summed E-state index contributed by atoms with van der Waals surface area (Å²) >= 11 is 3.51. The normalized spacial score (nSPS) is 11.0. The van der Waals surface area contributed by atoms with Crippen molar-refractivity contribution < 1.29 is 4.42 Å². The third kappa shape index (κ3) is 2.61. The molecule has 2 heterocycles. The zero-order chi connectivity index (χ0) is 15.0. The van der Waals surface area contributed by atoms with Gasteiger partial charge in [0.05, 0.1) is 29.4 Å². The smallest absolute Gasteiger partial charge is 0.105 e. The lowest BCUT2D eigenvalue weighted by atomic mass is 10.1. The zero-order valence-electron chi connectivity index (χ0n) is 11.9. The summed E-state index contributed by atoms with van der Waals surface area (Å²) in [5.74, 6) is 0.931. The summed E-state index contributed by atoms with van der Waals surface area (Å²) in [7, 11) is 2.03. The summed E-state index contributed by atoms with van der Waals surface area (Å²) in [6.45, 7) is 2.70. The van der Waals surface area contributed by atoms with Crippen LogP contribution in [0.4, 0.5) is 11.4 Å². The summed E-state index contributed by atoms with van der Waals surface area (Å²) in [6, 6.07) is 8.00. The van der Waals surface area contributed by atoms with E-state index in [4.69, 9.17) is 10.2 Å². The summed E-state index contributed by atoms with van der Waals surface area (Å²) in [5.41, 5.74) is 9.90. The average molecular weight is 346 g/mol. The van der Waals surface area contributed by atoms with Crippen LogP contribution in [-0.4, -0.2) is 12.0 Å². The molecular formula is C16H16BrN3O. The maximum absolute atomic E-state index is 6.16. The van der Waals surface area contributed by atoms with Gasteiger partial charge in [-0.15, -0.1) is 0 Å². The summed E-state index contributed by atoms with van der Waals surface area (Å²) in [6.07, 6.45) is 3.42. The molecule has 0 aliphatic carbocycles. The van der Waals surface area contributed by atoms with Gasteiger partial charge in [0.25, 0.3) is 0 Å².